The maximum atomic E-state index is 12.0. The van der Waals surface area contributed by atoms with Crippen molar-refractivity contribution in [2.24, 2.45) is 5.73 Å². The number of nitrogens with two attached hydrogens (primary N) is 1. The summed E-state index contributed by atoms with van der Waals surface area (Å²) in [5.41, 5.74) is 5.36. The first-order valence-corrected chi connectivity index (χ1v) is 8.11. The SMILES string of the molecule is NCCCCS(=O)(=O)N1CCC(OCCO)CC1. The van der Waals surface area contributed by atoms with E-state index >= 15 is 0 Å². The van der Waals surface area contributed by atoms with Gasteiger partial charge in [-0.1, -0.05) is 0 Å². The third-order valence-corrected chi connectivity index (χ3v) is 5.05. The minimum Gasteiger partial charge on any atom is -0.394 e. The second-order valence-corrected chi connectivity index (χ2v) is 6.59. The molecule has 0 spiro atoms. The standard InChI is InChI=1S/C11H24N2O4S/c12-5-1-2-10-18(15,16)13-6-3-11(4-7-13)17-9-8-14/h11,14H,1-10,12H2. The fourth-order valence-corrected chi connectivity index (χ4v) is 3.65. The Bertz CT molecular complexity index is 313. The first kappa shape index (κ1) is 15.8. The molecule has 6 nitrogen and oxygen atoms in total. The summed E-state index contributed by atoms with van der Waals surface area (Å²) in [6.07, 6.45) is 2.86. The van der Waals surface area contributed by atoms with E-state index in [1.807, 2.05) is 0 Å². The van der Waals surface area contributed by atoms with E-state index in [1.165, 1.54) is 0 Å². The Labute approximate surface area is 109 Å². The summed E-state index contributed by atoms with van der Waals surface area (Å²) in [5.74, 6) is 0.187. The molecule has 0 amide bonds. The number of nitrogens with zero attached hydrogens (tertiary/aromatic N) is 1. The van der Waals surface area contributed by atoms with Crippen LogP contribution in [0.15, 0.2) is 0 Å². The molecule has 1 aliphatic rings. The number of sulfonamides is 1. The number of aliphatic hydroxyl groups is 1. The summed E-state index contributed by atoms with van der Waals surface area (Å²) in [4.78, 5) is 0. The van der Waals surface area contributed by atoms with Gasteiger partial charge in [-0.15, -0.1) is 0 Å². The number of ether oxygens (including phenoxy) is 1. The molecule has 108 valence electrons. The molecule has 0 bridgehead atoms. The fraction of sp³-hybridized carbons (Fsp3) is 1.00. The lowest BCUT2D eigenvalue weighted by Gasteiger charge is -2.31. The van der Waals surface area contributed by atoms with Gasteiger partial charge in [0.2, 0.25) is 10.0 Å². The molecule has 0 aromatic heterocycles. The predicted octanol–water partition coefficient (Wildman–Crippen LogP) is -0.472. The summed E-state index contributed by atoms with van der Waals surface area (Å²) < 4.78 is 30.9. The monoisotopic (exact) mass is 280 g/mol. The van der Waals surface area contributed by atoms with Gasteiger partial charge >= 0.3 is 0 Å². The minimum atomic E-state index is -3.13. The van der Waals surface area contributed by atoms with Gasteiger partial charge in [-0.25, -0.2) is 12.7 Å². The number of hydrogen-bond donors (Lipinski definition) is 2. The molecule has 0 aromatic carbocycles. The maximum Gasteiger partial charge on any atom is 0.214 e. The van der Waals surface area contributed by atoms with Gasteiger partial charge < -0.3 is 15.6 Å². The minimum absolute atomic E-state index is 0.0115. The van der Waals surface area contributed by atoms with E-state index in [-0.39, 0.29) is 18.5 Å². The summed E-state index contributed by atoms with van der Waals surface area (Å²) in [7, 11) is -3.13. The molecule has 3 N–H and O–H groups in total. The number of aliphatic hydroxyl groups excluding tert-OH is 1. The first-order chi connectivity index (χ1) is 8.60. The van der Waals surface area contributed by atoms with Crippen LogP contribution < -0.4 is 5.73 Å². The Balaban J connectivity index is 2.32. The van der Waals surface area contributed by atoms with Crippen LogP contribution in [0.5, 0.6) is 0 Å². The van der Waals surface area contributed by atoms with E-state index < -0.39 is 10.0 Å². The molecule has 18 heavy (non-hydrogen) atoms. The van der Waals surface area contributed by atoms with Crippen LogP contribution in [0.2, 0.25) is 0 Å². The van der Waals surface area contributed by atoms with Crippen LogP contribution >= 0.6 is 0 Å². The van der Waals surface area contributed by atoms with Gasteiger partial charge in [0.1, 0.15) is 0 Å². The van der Waals surface area contributed by atoms with Crippen LogP contribution in [0.1, 0.15) is 25.7 Å². The second-order valence-electron chi connectivity index (χ2n) is 4.50. The molecule has 0 atom stereocenters. The van der Waals surface area contributed by atoms with E-state index in [1.54, 1.807) is 4.31 Å². The zero-order valence-corrected chi connectivity index (χ0v) is 11.6. The molecule has 1 fully saturated rings. The zero-order valence-electron chi connectivity index (χ0n) is 10.8. The van der Waals surface area contributed by atoms with Crippen LogP contribution in [-0.4, -0.2) is 62.5 Å². The molecular formula is C11H24N2O4S. The van der Waals surface area contributed by atoms with Gasteiger partial charge in [0.05, 0.1) is 25.1 Å². The Hall–Kier alpha value is -0.210. The van der Waals surface area contributed by atoms with Crippen LogP contribution in [0.3, 0.4) is 0 Å². The fourth-order valence-electron chi connectivity index (χ4n) is 2.05. The van der Waals surface area contributed by atoms with Gasteiger partial charge in [0, 0.05) is 13.1 Å². The quantitative estimate of drug-likeness (QED) is 0.586. The average molecular weight is 280 g/mol. The molecule has 1 heterocycles. The van der Waals surface area contributed by atoms with Crippen molar-refractivity contribution >= 4 is 10.0 Å². The predicted molar refractivity (Wildman–Crippen MR) is 69.7 cm³/mol. The number of rotatable bonds is 8. The summed E-state index contributed by atoms with van der Waals surface area (Å²) in [6, 6.07) is 0. The highest BCUT2D eigenvalue weighted by Crippen LogP contribution is 2.17. The summed E-state index contributed by atoms with van der Waals surface area (Å²) in [6.45, 7) is 1.90. The molecule has 1 rings (SSSR count). The first-order valence-electron chi connectivity index (χ1n) is 6.50. The van der Waals surface area contributed by atoms with E-state index in [0.29, 0.717) is 45.5 Å². The molecule has 0 aliphatic carbocycles. The van der Waals surface area contributed by atoms with Gasteiger partial charge in [0.25, 0.3) is 0 Å². The highest BCUT2D eigenvalue weighted by atomic mass is 32.2. The number of hydrogen-bond acceptors (Lipinski definition) is 5. The number of piperidine rings is 1. The van der Waals surface area contributed by atoms with Gasteiger partial charge in [0.15, 0.2) is 0 Å². The van der Waals surface area contributed by atoms with Crippen LogP contribution in [0.4, 0.5) is 0 Å². The molecule has 0 unspecified atom stereocenters. The number of unbranched alkanes of at least 4 members (excludes halogenated alkanes) is 1. The Morgan fingerprint density at radius 2 is 1.94 bits per heavy atom. The van der Waals surface area contributed by atoms with Crippen LogP contribution in [0.25, 0.3) is 0 Å². The maximum absolute atomic E-state index is 12.0. The van der Waals surface area contributed by atoms with Crippen LogP contribution in [-0.2, 0) is 14.8 Å². The normalized spacial score (nSPS) is 19.2. The van der Waals surface area contributed by atoms with Crippen molar-refractivity contribution in [1.82, 2.24) is 4.31 Å². The van der Waals surface area contributed by atoms with E-state index in [4.69, 9.17) is 15.6 Å². The van der Waals surface area contributed by atoms with Crippen molar-refractivity contribution in [3.05, 3.63) is 0 Å². The molecule has 0 aromatic rings. The van der Waals surface area contributed by atoms with Crippen LogP contribution in [0, 0.1) is 0 Å². The van der Waals surface area contributed by atoms with E-state index in [9.17, 15) is 8.42 Å². The highest BCUT2D eigenvalue weighted by molar-refractivity contribution is 7.89. The Kier molecular flexibility index (Phi) is 7.10. The van der Waals surface area contributed by atoms with Crippen molar-refractivity contribution < 1.29 is 18.3 Å². The second kappa shape index (κ2) is 8.06. The van der Waals surface area contributed by atoms with Gasteiger partial charge in [-0.3, -0.25) is 0 Å². The highest BCUT2D eigenvalue weighted by Gasteiger charge is 2.27. The largest absolute Gasteiger partial charge is 0.394 e. The van der Waals surface area contributed by atoms with Crippen molar-refractivity contribution in [2.75, 3.05) is 38.6 Å². The smallest absolute Gasteiger partial charge is 0.214 e. The van der Waals surface area contributed by atoms with Gasteiger partial charge in [-0.05, 0) is 32.2 Å². The van der Waals surface area contributed by atoms with E-state index in [2.05, 4.69) is 0 Å². The Morgan fingerprint density at radius 3 is 2.50 bits per heavy atom. The zero-order chi connectivity index (χ0) is 13.4. The lowest BCUT2D eigenvalue weighted by molar-refractivity contribution is 0.00319. The summed E-state index contributed by atoms with van der Waals surface area (Å²) in [5, 5.41) is 8.66. The Morgan fingerprint density at radius 1 is 1.28 bits per heavy atom. The third kappa shape index (κ3) is 5.19. The average Bonchev–Trinajstić information content (AvgIpc) is 2.37. The van der Waals surface area contributed by atoms with Gasteiger partial charge in [-0.2, -0.15) is 0 Å². The molecule has 7 heteroatoms. The lowest BCUT2D eigenvalue weighted by atomic mass is 10.1. The third-order valence-electron chi connectivity index (χ3n) is 3.10. The molecule has 0 saturated carbocycles. The van der Waals surface area contributed by atoms with Crippen molar-refractivity contribution in [2.45, 2.75) is 31.8 Å². The van der Waals surface area contributed by atoms with E-state index in [0.717, 1.165) is 6.42 Å². The summed E-state index contributed by atoms with van der Waals surface area (Å²) >= 11 is 0. The topological polar surface area (TPSA) is 92.9 Å². The van der Waals surface area contributed by atoms with Crippen molar-refractivity contribution in [3.8, 4) is 0 Å². The molecular weight excluding hydrogens is 256 g/mol. The van der Waals surface area contributed by atoms with Crippen molar-refractivity contribution in [1.29, 1.82) is 0 Å². The molecule has 0 radical (unpaired) electrons. The lowest BCUT2D eigenvalue weighted by Crippen LogP contribution is -2.42. The molecule has 1 aliphatic heterocycles. The van der Waals surface area contributed by atoms with Crippen molar-refractivity contribution in [3.63, 3.8) is 0 Å². The molecule has 1 saturated heterocycles.